The van der Waals surface area contributed by atoms with Gasteiger partial charge in [-0.1, -0.05) is 0 Å². The molecule has 5 heteroatoms. The van der Waals surface area contributed by atoms with E-state index in [0.717, 1.165) is 0 Å². The van der Waals surface area contributed by atoms with Crippen LogP contribution in [-0.2, 0) is 0 Å². The van der Waals surface area contributed by atoms with Crippen molar-refractivity contribution in [2.75, 3.05) is 0 Å². The molecule has 0 saturated carbocycles. The first-order valence-corrected chi connectivity index (χ1v) is 2.65. The Morgan fingerprint density at radius 2 is 1.75 bits per heavy atom. The number of hydrogen-bond acceptors (Lipinski definition) is 1. The molecule has 0 heterocycles. The van der Waals surface area contributed by atoms with Gasteiger partial charge in [0, 0.05) is 6.26 Å². The minimum absolute atomic E-state index is 0.110. The molecule has 0 aliphatic carbocycles. The van der Waals surface area contributed by atoms with Crippen molar-refractivity contribution >= 4 is 11.8 Å². The van der Waals surface area contributed by atoms with Crippen LogP contribution in [0.3, 0.4) is 0 Å². The van der Waals surface area contributed by atoms with Crippen molar-refractivity contribution in [3.8, 4) is 0 Å². The van der Waals surface area contributed by atoms with Gasteiger partial charge in [0.25, 0.3) is 0 Å². The number of alkyl halides is 4. The zero-order chi connectivity index (χ0) is 6.78. The minimum Gasteiger partial charge on any atom is -0.225 e. The summed E-state index contributed by atoms with van der Waals surface area (Å²) in [5.74, 6) is 0. The summed E-state index contributed by atoms with van der Waals surface area (Å²) < 4.78 is 44.5. The van der Waals surface area contributed by atoms with Crippen LogP contribution in [0.5, 0.6) is 0 Å². The van der Waals surface area contributed by atoms with Gasteiger partial charge >= 0.3 is 6.18 Å². The SMILES string of the molecule is [CH2]SC(F)C(F)(F)F. The molecule has 0 aromatic heterocycles. The van der Waals surface area contributed by atoms with Crippen LogP contribution in [0.25, 0.3) is 0 Å². The van der Waals surface area contributed by atoms with E-state index in [1.807, 2.05) is 0 Å². The molecular formula is C3H3F4S. The summed E-state index contributed by atoms with van der Waals surface area (Å²) in [5.41, 5.74) is -2.84. The van der Waals surface area contributed by atoms with Gasteiger partial charge in [-0.15, -0.1) is 11.8 Å². The minimum atomic E-state index is -4.76. The molecule has 8 heavy (non-hydrogen) atoms. The molecule has 0 nitrogen and oxygen atoms in total. The summed E-state index contributed by atoms with van der Waals surface area (Å²) in [6.45, 7) is 0. The van der Waals surface area contributed by atoms with Gasteiger partial charge in [-0.2, -0.15) is 13.2 Å². The van der Waals surface area contributed by atoms with Crippen LogP contribution in [0.4, 0.5) is 17.6 Å². The Bertz CT molecular complexity index is 68.2. The molecule has 1 unspecified atom stereocenters. The van der Waals surface area contributed by atoms with Crippen molar-refractivity contribution in [2.45, 2.75) is 11.7 Å². The van der Waals surface area contributed by atoms with Crippen molar-refractivity contribution in [2.24, 2.45) is 0 Å². The maximum atomic E-state index is 11.4. The van der Waals surface area contributed by atoms with Gasteiger partial charge in [0.1, 0.15) is 0 Å². The summed E-state index contributed by atoms with van der Waals surface area (Å²) in [6, 6.07) is 0. The van der Waals surface area contributed by atoms with Gasteiger partial charge in [0.15, 0.2) is 0 Å². The molecule has 0 amide bonds. The average molecular weight is 147 g/mol. The summed E-state index contributed by atoms with van der Waals surface area (Å²) in [4.78, 5) is 0. The van der Waals surface area contributed by atoms with E-state index in [0.29, 0.717) is 0 Å². The smallest absolute Gasteiger partial charge is 0.225 e. The highest BCUT2D eigenvalue weighted by Crippen LogP contribution is 2.29. The summed E-state index contributed by atoms with van der Waals surface area (Å²) in [6.07, 6.45) is -2.08. The highest BCUT2D eigenvalue weighted by atomic mass is 32.2. The molecule has 0 rings (SSSR count). The van der Waals surface area contributed by atoms with Crippen LogP contribution in [-0.4, -0.2) is 11.7 Å². The first-order chi connectivity index (χ1) is 3.48. The lowest BCUT2D eigenvalue weighted by molar-refractivity contribution is -0.153. The number of rotatable bonds is 1. The molecule has 0 N–H and O–H groups in total. The van der Waals surface area contributed by atoms with Crippen LogP contribution >= 0.6 is 11.8 Å². The second-order valence-corrected chi connectivity index (χ2v) is 1.77. The zero-order valence-corrected chi connectivity index (χ0v) is 4.52. The third-order valence-electron chi connectivity index (χ3n) is 0.404. The van der Waals surface area contributed by atoms with Crippen molar-refractivity contribution in [3.05, 3.63) is 6.26 Å². The molecule has 0 aliphatic heterocycles. The second kappa shape index (κ2) is 2.57. The van der Waals surface area contributed by atoms with E-state index in [-0.39, 0.29) is 11.8 Å². The standard InChI is InChI=1S/C3H3F4S/c1-8-2(4)3(5,6)7/h2H,1H2. The van der Waals surface area contributed by atoms with Crippen LogP contribution < -0.4 is 0 Å². The maximum absolute atomic E-state index is 11.4. The maximum Gasteiger partial charge on any atom is 0.429 e. The molecule has 0 aromatic carbocycles. The largest absolute Gasteiger partial charge is 0.429 e. The molecule has 1 radical (unpaired) electrons. The first kappa shape index (κ1) is 8.07. The van der Waals surface area contributed by atoms with Gasteiger partial charge in [-0.3, -0.25) is 0 Å². The number of halogens is 4. The Hall–Kier alpha value is 0.0700. The Kier molecular flexibility index (Phi) is 2.59. The molecule has 0 saturated heterocycles. The normalized spacial score (nSPS) is 16.1. The van der Waals surface area contributed by atoms with Gasteiger partial charge in [-0.05, 0) is 0 Å². The van der Waals surface area contributed by atoms with E-state index in [1.54, 1.807) is 0 Å². The lowest BCUT2D eigenvalue weighted by atomic mass is 10.7. The molecule has 0 aromatic rings. The van der Waals surface area contributed by atoms with E-state index >= 15 is 0 Å². The molecule has 1 atom stereocenters. The van der Waals surface area contributed by atoms with Crippen molar-refractivity contribution in [3.63, 3.8) is 0 Å². The van der Waals surface area contributed by atoms with E-state index < -0.39 is 11.7 Å². The molecule has 49 valence electrons. The Morgan fingerprint density at radius 3 is 1.75 bits per heavy atom. The van der Waals surface area contributed by atoms with E-state index in [9.17, 15) is 17.6 Å². The van der Waals surface area contributed by atoms with Crippen molar-refractivity contribution in [1.29, 1.82) is 0 Å². The predicted octanol–water partition coefficient (Wildman–Crippen LogP) is 2.37. The number of hydrogen-bond donors (Lipinski definition) is 0. The van der Waals surface area contributed by atoms with Crippen LogP contribution in [0.1, 0.15) is 0 Å². The van der Waals surface area contributed by atoms with E-state index in [1.165, 1.54) is 0 Å². The van der Waals surface area contributed by atoms with Crippen molar-refractivity contribution < 1.29 is 17.6 Å². The molecule has 0 spiro atoms. The molecular weight excluding hydrogens is 144 g/mol. The summed E-state index contributed by atoms with van der Waals surface area (Å²) >= 11 is -0.110. The fourth-order valence-corrected chi connectivity index (χ4v) is 0.283. The van der Waals surface area contributed by atoms with Crippen LogP contribution in [0.15, 0.2) is 0 Å². The summed E-state index contributed by atoms with van der Waals surface area (Å²) in [7, 11) is 0. The highest BCUT2D eigenvalue weighted by molar-refractivity contribution is 8.00. The fraction of sp³-hybridized carbons (Fsp3) is 0.667. The topological polar surface area (TPSA) is 0 Å². The second-order valence-electron chi connectivity index (χ2n) is 1.02. The van der Waals surface area contributed by atoms with Gasteiger partial charge in [-0.25, -0.2) is 4.39 Å². The quantitative estimate of drug-likeness (QED) is 0.513. The molecule has 0 aliphatic rings. The average Bonchev–Trinajstić information content (AvgIpc) is 1.62. The van der Waals surface area contributed by atoms with Crippen LogP contribution in [0.2, 0.25) is 0 Å². The van der Waals surface area contributed by atoms with Crippen molar-refractivity contribution in [1.82, 2.24) is 0 Å². The number of thioether (sulfide) groups is 1. The third kappa shape index (κ3) is 2.40. The molecule has 0 bridgehead atoms. The predicted molar refractivity (Wildman–Crippen MR) is 23.9 cm³/mol. The first-order valence-electron chi connectivity index (χ1n) is 1.60. The Morgan fingerprint density at radius 1 is 1.38 bits per heavy atom. The lowest BCUT2D eigenvalue weighted by Gasteiger charge is -2.07. The van der Waals surface area contributed by atoms with Crippen LogP contribution in [0, 0.1) is 6.26 Å². The van der Waals surface area contributed by atoms with E-state index in [4.69, 9.17) is 0 Å². The fourth-order valence-electron chi connectivity index (χ4n) is 0.0945. The van der Waals surface area contributed by atoms with E-state index in [2.05, 4.69) is 6.26 Å². The third-order valence-corrected chi connectivity index (χ3v) is 0.964. The summed E-state index contributed by atoms with van der Waals surface area (Å²) in [5, 5.41) is 0. The molecule has 0 fully saturated rings. The monoisotopic (exact) mass is 147 g/mol. The Labute approximate surface area is 48.3 Å². The Balaban J connectivity index is 3.62. The zero-order valence-electron chi connectivity index (χ0n) is 3.70. The van der Waals surface area contributed by atoms with Gasteiger partial charge < -0.3 is 0 Å². The van der Waals surface area contributed by atoms with Gasteiger partial charge in [0.05, 0.1) is 0 Å². The highest BCUT2D eigenvalue weighted by Gasteiger charge is 2.39. The lowest BCUT2D eigenvalue weighted by Crippen LogP contribution is -2.19. The van der Waals surface area contributed by atoms with Gasteiger partial charge in [0.2, 0.25) is 5.50 Å².